The van der Waals surface area contributed by atoms with Crippen LogP contribution in [0.4, 0.5) is 0 Å². The Balaban J connectivity index is 1.66. The van der Waals surface area contributed by atoms with Gasteiger partial charge in [-0.15, -0.1) is 0 Å². The van der Waals surface area contributed by atoms with Gasteiger partial charge in [0.15, 0.2) is 24.7 Å². The number of phenols is 1. The molecule has 3 rings (SSSR count). The van der Waals surface area contributed by atoms with Crippen LogP contribution in [0.25, 0.3) is 0 Å². The van der Waals surface area contributed by atoms with Crippen molar-refractivity contribution in [3.05, 3.63) is 17.7 Å². The highest BCUT2D eigenvalue weighted by Crippen LogP contribution is 2.36. The van der Waals surface area contributed by atoms with E-state index in [2.05, 4.69) is 0 Å². The van der Waals surface area contributed by atoms with Gasteiger partial charge in [-0.25, -0.2) is 14.4 Å². The fourth-order valence-corrected chi connectivity index (χ4v) is 4.28. The van der Waals surface area contributed by atoms with Crippen LogP contribution in [0.3, 0.4) is 0 Å². The molecule has 2 aliphatic carbocycles. The van der Waals surface area contributed by atoms with E-state index >= 15 is 0 Å². The zero-order valence-corrected chi connectivity index (χ0v) is 18.5. The predicted molar refractivity (Wildman–Crippen MR) is 112 cm³/mol. The predicted octanol–water partition coefficient (Wildman–Crippen LogP) is 3.60. The molecule has 0 aromatic heterocycles. The molecule has 0 amide bonds. The molecule has 0 bridgehead atoms. The highest BCUT2D eigenvalue weighted by Gasteiger charge is 2.34. The number of carboxylic acids is 1. The smallest absolute Gasteiger partial charge is 0.344 e. The lowest BCUT2D eigenvalue weighted by Gasteiger charge is -2.24. The van der Waals surface area contributed by atoms with Crippen molar-refractivity contribution in [1.82, 2.24) is 0 Å². The standard InChI is InChI=1S/C23H30O9/c1-22(7-3-4-8-22)31-19(25)13-29-17-11-15(21(27)28)16(24)12-18(17)30-14-20(26)32-23(2)9-5-6-10-23/h11-12,24H,3-10,13-14H2,1-2H3,(H,27,28). The molecule has 0 aliphatic heterocycles. The lowest BCUT2D eigenvalue weighted by Crippen LogP contribution is -2.31. The number of aromatic hydroxyl groups is 1. The summed E-state index contributed by atoms with van der Waals surface area (Å²) in [5, 5.41) is 19.3. The number of esters is 2. The molecule has 1 aromatic rings. The summed E-state index contributed by atoms with van der Waals surface area (Å²) < 4.78 is 21.9. The van der Waals surface area contributed by atoms with Crippen molar-refractivity contribution in [1.29, 1.82) is 0 Å². The molecule has 2 aliphatic rings. The Kier molecular flexibility index (Phi) is 7.16. The van der Waals surface area contributed by atoms with Gasteiger partial charge in [0.05, 0.1) is 0 Å². The maximum atomic E-state index is 12.2. The Hall–Kier alpha value is -2.97. The average Bonchev–Trinajstić information content (AvgIpc) is 3.33. The summed E-state index contributed by atoms with van der Waals surface area (Å²) in [5.41, 5.74) is -1.47. The van der Waals surface area contributed by atoms with Gasteiger partial charge in [-0.3, -0.25) is 0 Å². The summed E-state index contributed by atoms with van der Waals surface area (Å²) in [6, 6.07) is 2.08. The molecule has 0 atom stereocenters. The zero-order valence-electron chi connectivity index (χ0n) is 18.5. The molecule has 0 saturated heterocycles. The molecule has 2 saturated carbocycles. The van der Waals surface area contributed by atoms with E-state index in [4.69, 9.17) is 18.9 Å². The SMILES string of the molecule is CC1(OC(=O)COc2cc(O)c(C(=O)O)cc2OCC(=O)OC2(C)CCCC2)CCCC1. The van der Waals surface area contributed by atoms with Crippen LogP contribution in [-0.2, 0) is 19.1 Å². The molecule has 0 spiro atoms. The first-order valence-electron chi connectivity index (χ1n) is 10.9. The van der Waals surface area contributed by atoms with Crippen LogP contribution in [0.5, 0.6) is 17.2 Å². The van der Waals surface area contributed by atoms with Gasteiger partial charge in [-0.2, -0.15) is 0 Å². The summed E-state index contributed by atoms with van der Waals surface area (Å²) in [5.74, 6) is -3.31. The Morgan fingerprint density at radius 1 is 0.812 bits per heavy atom. The second-order valence-corrected chi connectivity index (χ2v) is 8.96. The number of aromatic carboxylic acids is 1. The van der Waals surface area contributed by atoms with Gasteiger partial charge >= 0.3 is 17.9 Å². The monoisotopic (exact) mass is 450 g/mol. The van der Waals surface area contributed by atoms with E-state index in [0.717, 1.165) is 63.5 Å². The average molecular weight is 450 g/mol. The summed E-state index contributed by atoms with van der Waals surface area (Å²) in [7, 11) is 0. The molecular formula is C23H30O9. The van der Waals surface area contributed by atoms with Crippen LogP contribution in [0, 0.1) is 0 Å². The van der Waals surface area contributed by atoms with Gasteiger partial charge in [0.25, 0.3) is 0 Å². The molecule has 176 valence electrons. The van der Waals surface area contributed by atoms with Crippen LogP contribution in [0.15, 0.2) is 12.1 Å². The van der Waals surface area contributed by atoms with Crippen LogP contribution in [0.1, 0.15) is 75.6 Å². The van der Waals surface area contributed by atoms with Crippen LogP contribution in [-0.4, -0.2) is 52.5 Å². The number of ether oxygens (including phenoxy) is 4. The summed E-state index contributed by atoms with van der Waals surface area (Å²) in [6.07, 6.45) is 7.05. The molecular weight excluding hydrogens is 420 g/mol. The van der Waals surface area contributed by atoms with E-state index < -0.39 is 53.6 Å². The molecule has 0 heterocycles. The van der Waals surface area contributed by atoms with Crippen LogP contribution >= 0.6 is 0 Å². The van der Waals surface area contributed by atoms with E-state index in [-0.39, 0.29) is 11.5 Å². The highest BCUT2D eigenvalue weighted by atomic mass is 16.6. The fourth-order valence-electron chi connectivity index (χ4n) is 4.28. The Bertz CT molecular complexity index is 864. The lowest BCUT2D eigenvalue weighted by atomic mass is 10.1. The van der Waals surface area contributed by atoms with Crippen molar-refractivity contribution in [2.75, 3.05) is 13.2 Å². The first-order valence-corrected chi connectivity index (χ1v) is 10.9. The maximum absolute atomic E-state index is 12.2. The van der Waals surface area contributed by atoms with Crippen molar-refractivity contribution in [2.45, 2.75) is 76.4 Å². The van der Waals surface area contributed by atoms with Gasteiger partial charge in [0.2, 0.25) is 0 Å². The molecule has 1 aromatic carbocycles. The van der Waals surface area contributed by atoms with Crippen molar-refractivity contribution >= 4 is 17.9 Å². The van der Waals surface area contributed by atoms with Crippen molar-refractivity contribution in [2.24, 2.45) is 0 Å². The number of hydrogen-bond donors (Lipinski definition) is 2. The number of carbonyl (C=O) groups is 3. The van der Waals surface area contributed by atoms with Gasteiger partial charge in [-0.1, -0.05) is 0 Å². The summed E-state index contributed by atoms with van der Waals surface area (Å²) >= 11 is 0. The Labute approximate surface area is 186 Å². The first kappa shape index (κ1) is 23.7. The third-order valence-electron chi connectivity index (χ3n) is 6.03. The van der Waals surface area contributed by atoms with Gasteiger partial charge in [0.1, 0.15) is 22.5 Å². The van der Waals surface area contributed by atoms with Crippen molar-refractivity contribution in [3.63, 3.8) is 0 Å². The molecule has 9 heteroatoms. The van der Waals surface area contributed by atoms with E-state index in [1.807, 2.05) is 13.8 Å². The lowest BCUT2D eigenvalue weighted by molar-refractivity contribution is -0.161. The second-order valence-electron chi connectivity index (χ2n) is 8.96. The minimum atomic E-state index is -1.38. The highest BCUT2D eigenvalue weighted by molar-refractivity contribution is 5.92. The maximum Gasteiger partial charge on any atom is 0.344 e. The number of hydrogen-bond acceptors (Lipinski definition) is 8. The zero-order chi connectivity index (χ0) is 23.4. The van der Waals surface area contributed by atoms with E-state index in [1.165, 1.54) is 0 Å². The third kappa shape index (κ3) is 6.05. The quantitative estimate of drug-likeness (QED) is 0.542. The molecule has 32 heavy (non-hydrogen) atoms. The van der Waals surface area contributed by atoms with Crippen molar-refractivity contribution < 1.29 is 43.5 Å². The minimum Gasteiger partial charge on any atom is -0.507 e. The minimum absolute atomic E-state index is 0.0825. The third-order valence-corrected chi connectivity index (χ3v) is 6.03. The number of carboxylic acid groups (broad SMARTS) is 1. The summed E-state index contributed by atoms with van der Waals surface area (Å²) in [4.78, 5) is 35.8. The van der Waals surface area contributed by atoms with E-state index in [0.29, 0.717) is 0 Å². The topological polar surface area (TPSA) is 129 Å². The second kappa shape index (κ2) is 9.67. The first-order chi connectivity index (χ1) is 15.1. The van der Waals surface area contributed by atoms with Crippen LogP contribution < -0.4 is 9.47 Å². The molecule has 0 unspecified atom stereocenters. The van der Waals surface area contributed by atoms with Crippen molar-refractivity contribution in [3.8, 4) is 17.2 Å². The largest absolute Gasteiger partial charge is 0.507 e. The van der Waals surface area contributed by atoms with Crippen LogP contribution in [0.2, 0.25) is 0 Å². The molecule has 0 radical (unpaired) electrons. The summed E-state index contributed by atoms with van der Waals surface area (Å²) in [6.45, 7) is 2.81. The van der Waals surface area contributed by atoms with Gasteiger partial charge in [-0.05, 0) is 65.2 Å². The number of benzene rings is 1. The Morgan fingerprint density at radius 3 is 1.62 bits per heavy atom. The number of carbonyl (C=O) groups excluding carboxylic acids is 2. The number of rotatable bonds is 9. The van der Waals surface area contributed by atoms with Gasteiger partial charge in [0, 0.05) is 12.1 Å². The molecule has 2 N–H and O–H groups in total. The van der Waals surface area contributed by atoms with Gasteiger partial charge < -0.3 is 29.2 Å². The normalized spacial score (nSPS) is 18.7. The molecule has 9 nitrogen and oxygen atoms in total. The Morgan fingerprint density at radius 2 is 1.22 bits per heavy atom. The fraction of sp³-hybridized carbons (Fsp3) is 0.609. The van der Waals surface area contributed by atoms with E-state index in [1.54, 1.807) is 0 Å². The van der Waals surface area contributed by atoms with E-state index in [9.17, 15) is 24.6 Å². The molecule has 2 fully saturated rings.